The fourth-order valence-corrected chi connectivity index (χ4v) is 5.19. The maximum atomic E-state index is 14.4. The average molecular weight is 502 g/mol. The molecule has 1 N–H and O–H groups in total. The molecule has 2 aromatic carbocycles. The Balaban J connectivity index is 1.72. The number of hydrogen-bond acceptors (Lipinski definition) is 2. The maximum absolute atomic E-state index is 14.4. The maximum Gasteiger partial charge on any atom is 0.416 e. The van der Waals surface area contributed by atoms with Gasteiger partial charge in [0.05, 0.1) is 22.5 Å². The van der Waals surface area contributed by atoms with Crippen LogP contribution in [0.15, 0.2) is 36.4 Å². The van der Waals surface area contributed by atoms with E-state index in [9.17, 15) is 40.3 Å². The number of anilines is 2. The SMILES string of the molecule is Cc1cccc(C)c1N1CC2(C(=O)Nc3cc(C(F)(F)F)cc(C(F)(F)F)c3)C[C@H](F)CC2C1=O. The van der Waals surface area contributed by atoms with Crippen LogP contribution in [0.25, 0.3) is 0 Å². The van der Waals surface area contributed by atoms with Gasteiger partial charge in [-0.1, -0.05) is 18.2 Å². The molecule has 0 bridgehead atoms. The predicted molar refractivity (Wildman–Crippen MR) is 113 cm³/mol. The van der Waals surface area contributed by atoms with Crippen LogP contribution >= 0.6 is 0 Å². The molecule has 0 radical (unpaired) electrons. The van der Waals surface area contributed by atoms with Crippen LogP contribution in [0.2, 0.25) is 0 Å². The summed E-state index contributed by atoms with van der Waals surface area (Å²) in [5, 5.41) is 2.13. The van der Waals surface area contributed by atoms with Gasteiger partial charge < -0.3 is 10.2 Å². The first kappa shape index (κ1) is 25.0. The lowest BCUT2D eigenvalue weighted by Crippen LogP contribution is -2.41. The second kappa shape index (κ2) is 8.23. The van der Waals surface area contributed by atoms with Gasteiger partial charge in [0.25, 0.3) is 0 Å². The zero-order valence-corrected chi connectivity index (χ0v) is 18.6. The van der Waals surface area contributed by atoms with Crippen LogP contribution in [0.4, 0.5) is 42.1 Å². The van der Waals surface area contributed by atoms with Crippen LogP contribution in [0.1, 0.15) is 35.1 Å². The van der Waals surface area contributed by atoms with E-state index >= 15 is 0 Å². The molecule has 4 nitrogen and oxygen atoms in total. The second-order valence-electron chi connectivity index (χ2n) is 9.16. The van der Waals surface area contributed by atoms with Crippen LogP contribution in [0.5, 0.6) is 0 Å². The molecular formula is C24H21F7N2O2. The van der Waals surface area contributed by atoms with Crippen molar-refractivity contribution in [3.8, 4) is 0 Å². The molecule has 188 valence electrons. The van der Waals surface area contributed by atoms with Gasteiger partial charge in [-0.3, -0.25) is 9.59 Å². The number of carbonyl (C=O) groups is 2. The van der Waals surface area contributed by atoms with E-state index in [-0.39, 0.29) is 25.5 Å². The van der Waals surface area contributed by atoms with Crippen LogP contribution in [-0.4, -0.2) is 24.5 Å². The first-order valence-corrected chi connectivity index (χ1v) is 10.8. The molecule has 1 aliphatic carbocycles. The summed E-state index contributed by atoms with van der Waals surface area (Å²) in [6.45, 7) is 3.28. The summed E-state index contributed by atoms with van der Waals surface area (Å²) in [7, 11) is 0. The minimum atomic E-state index is -5.10. The van der Waals surface area contributed by atoms with Crippen LogP contribution in [0.3, 0.4) is 0 Å². The van der Waals surface area contributed by atoms with Crippen LogP contribution < -0.4 is 10.2 Å². The van der Waals surface area contributed by atoms with Crippen molar-refractivity contribution in [1.82, 2.24) is 0 Å². The van der Waals surface area contributed by atoms with E-state index in [1.807, 2.05) is 0 Å². The summed E-state index contributed by atoms with van der Waals surface area (Å²) in [5.74, 6) is -2.58. The molecule has 2 unspecified atom stereocenters. The van der Waals surface area contributed by atoms with Gasteiger partial charge in [-0.15, -0.1) is 0 Å². The normalized spacial score (nSPS) is 24.6. The number of alkyl halides is 7. The van der Waals surface area contributed by atoms with E-state index in [2.05, 4.69) is 5.32 Å². The summed E-state index contributed by atoms with van der Waals surface area (Å²) >= 11 is 0. The molecule has 2 fully saturated rings. The van der Waals surface area contributed by atoms with Crippen molar-refractivity contribution in [2.75, 3.05) is 16.8 Å². The minimum absolute atomic E-state index is 0.0499. The number of nitrogens with zero attached hydrogens (tertiary/aromatic N) is 1. The van der Waals surface area contributed by atoms with Gasteiger partial charge in [0.15, 0.2) is 0 Å². The molecule has 1 heterocycles. The third-order valence-corrected chi connectivity index (χ3v) is 6.76. The first-order valence-electron chi connectivity index (χ1n) is 10.8. The smallest absolute Gasteiger partial charge is 0.325 e. The van der Waals surface area contributed by atoms with Crippen molar-refractivity contribution < 1.29 is 40.3 Å². The molecule has 1 aliphatic heterocycles. The highest BCUT2D eigenvalue weighted by Crippen LogP contribution is 2.53. The fraction of sp³-hybridized carbons (Fsp3) is 0.417. The Labute approximate surface area is 196 Å². The van der Waals surface area contributed by atoms with Gasteiger partial charge in [-0.25, -0.2) is 4.39 Å². The van der Waals surface area contributed by atoms with Crippen LogP contribution in [-0.2, 0) is 21.9 Å². The molecule has 35 heavy (non-hydrogen) atoms. The largest absolute Gasteiger partial charge is 0.416 e. The molecule has 11 heteroatoms. The number of hydrogen-bond donors (Lipinski definition) is 1. The summed E-state index contributed by atoms with van der Waals surface area (Å²) in [6.07, 6.45) is -12.3. The van der Waals surface area contributed by atoms with Crippen molar-refractivity contribution in [2.45, 2.75) is 45.2 Å². The van der Waals surface area contributed by atoms with E-state index in [4.69, 9.17) is 0 Å². The Morgan fingerprint density at radius 2 is 1.54 bits per heavy atom. The summed E-state index contributed by atoms with van der Waals surface area (Å²) < 4.78 is 93.8. The van der Waals surface area contributed by atoms with Gasteiger partial charge in [-0.2, -0.15) is 26.3 Å². The molecule has 0 aromatic heterocycles. The highest BCUT2D eigenvalue weighted by Gasteiger charge is 2.62. The third kappa shape index (κ3) is 4.36. The van der Waals surface area contributed by atoms with Gasteiger partial charge in [0.2, 0.25) is 11.8 Å². The minimum Gasteiger partial charge on any atom is -0.325 e. The quantitative estimate of drug-likeness (QED) is 0.519. The molecule has 3 atom stereocenters. The Kier molecular flexibility index (Phi) is 5.88. The highest BCUT2D eigenvalue weighted by atomic mass is 19.4. The molecule has 0 spiro atoms. The monoisotopic (exact) mass is 502 g/mol. The zero-order chi connectivity index (χ0) is 25.9. The third-order valence-electron chi connectivity index (χ3n) is 6.76. The Morgan fingerprint density at radius 3 is 2.06 bits per heavy atom. The summed E-state index contributed by atoms with van der Waals surface area (Å²) in [5.41, 5.74) is -3.54. The van der Waals surface area contributed by atoms with E-state index in [1.54, 1.807) is 32.0 Å². The predicted octanol–water partition coefficient (Wildman–Crippen LogP) is 6.06. The standard InChI is InChI=1S/C24H21F7N2O2/c1-12-4-3-5-13(2)19(12)33-11-22(10-16(25)9-18(22)20(33)34)21(35)32-17-7-14(23(26,27)28)6-15(8-17)24(29,30)31/h3-8,16,18H,9-11H2,1-2H3,(H,32,35)/t16-,18?,22?/m1/s1. The van der Waals surface area contributed by atoms with Gasteiger partial charge in [0, 0.05) is 17.9 Å². The lowest BCUT2D eigenvalue weighted by atomic mass is 9.79. The number of nitrogens with one attached hydrogen (secondary N) is 1. The van der Waals surface area contributed by atoms with Gasteiger partial charge in [-0.05, 0) is 56.0 Å². The fourth-order valence-electron chi connectivity index (χ4n) is 5.19. The lowest BCUT2D eigenvalue weighted by molar-refractivity contribution is -0.143. The topological polar surface area (TPSA) is 49.4 Å². The molecular weight excluding hydrogens is 481 g/mol. The molecule has 1 saturated carbocycles. The van der Waals surface area contributed by atoms with E-state index in [1.165, 1.54) is 4.90 Å². The number of fused-ring (bicyclic) bond motifs is 1. The first-order chi connectivity index (χ1) is 16.1. The number of amides is 2. The Morgan fingerprint density at radius 1 is 1.00 bits per heavy atom. The van der Waals surface area contributed by atoms with Crippen LogP contribution in [0, 0.1) is 25.2 Å². The molecule has 4 rings (SSSR count). The van der Waals surface area contributed by atoms with Crippen molar-refractivity contribution in [2.24, 2.45) is 11.3 Å². The van der Waals surface area contributed by atoms with E-state index in [0.29, 0.717) is 17.8 Å². The number of rotatable bonds is 3. The van der Waals surface area contributed by atoms with Crippen molar-refractivity contribution >= 4 is 23.2 Å². The number of benzene rings is 2. The summed E-state index contributed by atoms with van der Waals surface area (Å²) in [4.78, 5) is 28.0. The number of carbonyl (C=O) groups excluding carboxylic acids is 2. The average Bonchev–Trinajstić information content (AvgIpc) is 3.20. The summed E-state index contributed by atoms with van der Waals surface area (Å²) in [6, 6.07) is 6.03. The number of halogens is 7. The van der Waals surface area contributed by atoms with Crippen molar-refractivity contribution in [3.63, 3.8) is 0 Å². The van der Waals surface area contributed by atoms with Crippen molar-refractivity contribution in [1.29, 1.82) is 0 Å². The number of aryl methyl sites for hydroxylation is 2. The second-order valence-corrected chi connectivity index (χ2v) is 9.16. The zero-order valence-electron chi connectivity index (χ0n) is 18.6. The highest BCUT2D eigenvalue weighted by molar-refractivity contribution is 6.08. The Hall–Kier alpha value is -3.11. The Bertz CT molecular complexity index is 1140. The number of para-hydroxylation sites is 1. The molecule has 2 amide bonds. The van der Waals surface area contributed by atoms with E-state index in [0.717, 1.165) is 11.1 Å². The van der Waals surface area contributed by atoms with Crippen molar-refractivity contribution in [3.05, 3.63) is 58.7 Å². The van der Waals surface area contributed by atoms with Gasteiger partial charge in [0.1, 0.15) is 6.17 Å². The molecule has 1 saturated heterocycles. The molecule has 2 aromatic rings. The van der Waals surface area contributed by atoms with Gasteiger partial charge >= 0.3 is 12.4 Å². The molecule has 2 aliphatic rings. The lowest BCUT2D eigenvalue weighted by Gasteiger charge is -2.28. The van der Waals surface area contributed by atoms with E-state index < -0.39 is 58.5 Å².